The zero-order valence-electron chi connectivity index (χ0n) is 14.9. The lowest BCUT2D eigenvalue weighted by Crippen LogP contribution is -2.49. The third kappa shape index (κ3) is 6.13. The number of amides is 1. The van der Waals surface area contributed by atoms with Gasteiger partial charge in [-0.05, 0) is 38.8 Å². The van der Waals surface area contributed by atoms with Crippen molar-refractivity contribution in [2.45, 2.75) is 39.7 Å². The highest BCUT2D eigenvalue weighted by molar-refractivity contribution is 7.92. The summed E-state index contributed by atoms with van der Waals surface area (Å²) in [5.41, 5.74) is 1.53. The molecule has 0 aliphatic carbocycles. The topological polar surface area (TPSA) is 75.7 Å². The Bertz CT molecular complexity index is 614. The van der Waals surface area contributed by atoms with E-state index >= 15 is 0 Å². The Morgan fingerprint density at radius 3 is 2.38 bits per heavy atom. The maximum absolute atomic E-state index is 12.5. The number of anilines is 1. The Balaban J connectivity index is 2.90. The Kier molecular flexibility index (Phi) is 8.21. The van der Waals surface area contributed by atoms with Gasteiger partial charge in [-0.2, -0.15) is 0 Å². The maximum Gasteiger partial charge on any atom is 0.243 e. The van der Waals surface area contributed by atoms with Crippen LogP contribution in [0.2, 0.25) is 0 Å². The molecule has 0 bridgehead atoms. The molecule has 0 aliphatic rings. The first-order chi connectivity index (χ1) is 11.3. The van der Waals surface area contributed by atoms with E-state index in [4.69, 9.17) is 4.74 Å². The first-order valence-corrected chi connectivity index (χ1v) is 10.1. The molecule has 7 heteroatoms. The van der Waals surface area contributed by atoms with E-state index in [1.165, 1.54) is 4.31 Å². The van der Waals surface area contributed by atoms with Crippen LogP contribution in [-0.2, 0) is 19.6 Å². The predicted octanol–water partition coefficient (Wildman–Crippen LogP) is 2.08. The van der Waals surface area contributed by atoms with E-state index in [-0.39, 0.29) is 5.91 Å². The normalized spacial score (nSPS) is 12.7. The average Bonchev–Trinajstić information content (AvgIpc) is 2.52. The highest BCUT2D eigenvalue weighted by atomic mass is 32.2. The minimum atomic E-state index is -3.58. The first kappa shape index (κ1) is 20.4. The number of nitrogens with zero attached hydrogens (tertiary/aromatic N) is 1. The van der Waals surface area contributed by atoms with Gasteiger partial charge in [0.2, 0.25) is 15.9 Å². The molecule has 0 radical (unpaired) electrons. The predicted molar refractivity (Wildman–Crippen MR) is 96.7 cm³/mol. The third-order valence-electron chi connectivity index (χ3n) is 3.59. The van der Waals surface area contributed by atoms with Gasteiger partial charge in [-0.15, -0.1) is 0 Å². The van der Waals surface area contributed by atoms with Crippen molar-refractivity contribution in [3.8, 4) is 0 Å². The van der Waals surface area contributed by atoms with Crippen molar-refractivity contribution in [3.05, 3.63) is 29.8 Å². The van der Waals surface area contributed by atoms with Crippen LogP contribution in [0.5, 0.6) is 0 Å². The number of carbonyl (C=O) groups excluding carboxylic acids is 1. The van der Waals surface area contributed by atoms with Crippen LogP contribution in [-0.4, -0.2) is 46.4 Å². The first-order valence-electron chi connectivity index (χ1n) is 8.22. The molecule has 136 valence electrons. The van der Waals surface area contributed by atoms with Crippen LogP contribution in [0.3, 0.4) is 0 Å². The molecule has 6 nitrogen and oxygen atoms in total. The molecule has 1 N–H and O–H groups in total. The molecule has 1 atom stereocenters. The smallest absolute Gasteiger partial charge is 0.243 e. The van der Waals surface area contributed by atoms with Crippen LogP contribution >= 0.6 is 0 Å². The molecular formula is C17H28N2O4S. The molecule has 0 aromatic heterocycles. The molecule has 1 aromatic carbocycles. The van der Waals surface area contributed by atoms with Crippen molar-refractivity contribution in [2.75, 3.05) is 30.3 Å². The maximum atomic E-state index is 12.5. The summed E-state index contributed by atoms with van der Waals surface area (Å²) >= 11 is 0. The summed E-state index contributed by atoms with van der Waals surface area (Å²) < 4.78 is 31.0. The summed E-state index contributed by atoms with van der Waals surface area (Å²) in [6.45, 7) is 7.31. The number of hydrogen-bond acceptors (Lipinski definition) is 4. The van der Waals surface area contributed by atoms with E-state index in [2.05, 4.69) is 5.32 Å². The van der Waals surface area contributed by atoms with E-state index < -0.39 is 16.1 Å². The summed E-state index contributed by atoms with van der Waals surface area (Å²) in [5, 5.41) is 2.80. The third-order valence-corrected chi connectivity index (χ3v) is 4.77. The molecule has 0 heterocycles. The lowest BCUT2D eigenvalue weighted by Gasteiger charge is -2.30. The van der Waals surface area contributed by atoms with E-state index in [0.717, 1.165) is 11.8 Å². The largest absolute Gasteiger partial charge is 0.382 e. The molecule has 0 saturated carbocycles. The molecule has 0 unspecified atom stereocenters. The summed E-state index contributed by atoms with van der Waals surface area (Å²) in [7, 11) is -3.58. The van der Waals surface area contributed by atoms with Crippen LogP contribution < -0.4 is 9.62 Å². The van der Waals surface area contributed by atoms with Crippen LogP contribution in [0.1, 0.15) is 32.3 Å². The van der Waals surface area contributed by atoms with Gasteiger partial charge in [-0.1, -0.05) is 24.6 Å². The number of sulfonamides is 1. The van der Waals surface area contributed by atoms with Crippen molar-refractivity contribution >= 4 is 21.6 Å². The van der Waals surface area contributed by atoms with Gasteiger partial charge in [0.1, 0.15) is 6.04 Å². The quantitative estimate of drug-likeness (QED) is 0.651. The van der Waals surface area contributed by atoms with Crippen molar-refractivity contribution in [3.63, 3.8) is 0 Å². The Morgan fingerprint density at radius 2 is 1.88 bits per heavy atom. The second-order valence-corrected chi connectivity index (χ2v) is 7.52. The zero-order chi connectivity index (χ0) is 18.2. The molecule has 0 saturated heterocycles. The van der Waals surface area contributed by atoms with Crippen LogP contribution in [0, 0.1) is 6.92 Å². The van der Waals surface area contributed by atoms with Crippen molar-refractivity contribution < 1.29 is 17.9 Å². The molecule has 0 spiro atoms. The van der Waals surface area contributed by atoms with Crippen molar-refractivity contribution in [1.29, 1.82) is 0 Å². The molecule has 1 amide bonds. The monoisotopic (exact) mass is 356 g/mol. The molecule has 24 heavy (non-hydrogen) atoms. The van der Waals surface area contributed by atoms with Crippen LogP contribution in [0.4, 0.5) is 5.69 Å². The number of benzene rings is 1. The SMILES string of the molecule is CCOCCCNC(=O)[C@@H](CC)N(c1ccc(C)cc1)S(C)(=O)=O. The van der Waals surface area contributed by atoms with E-state index in [1.54, 1.807) is 19.1 Å². The highest BCUT2D eigenvalue weighted by Crippen LogP contribution is 2.22. The second kappa shape index (κ2) is 9.64. The molecule has 1 aromatic rings. The van der Waals surface area contributed by atoms with Crippen LogP contribution in [0.15, 0.2) is 24.3 Å². The molecule has 1 rings (SSSR count). The van der Waals surface area contributed by atoms with E-state index in [9.17, 15) is 13.2 Å². The summed E-state index contributed by atoms with van der Waals surface area (Å²) in [4.78, 5) is 12.5. The Hall–Kier alpha value is -1.60. The second-order valence-electron chi connectivity index (χ2n) is 5.66. The van der Waals surface area contributed by atoms with Crippen molar-refractivity contribution in [2.24, 2.45) is 0 Å². The average molecular weight is 356 g/mol. The van der Waals surface area contributed by atoms with Crippen LogP contribution in [0.25, 0.3) is 0 Å². The summed E-state index contributed by atoms with van der Waals surface area (Å²) in [6.07, 6.45) is 2.20. The Labute approximate surface area is 145 Å². The standard InChI is InChI=1S/C17H28N2O4S/c1-5-16(17(20)18-12-7-13-23-6-2)19(24(4,21)22)15-10-8-14(3)9-11-15/h8-11,16H,5-7,12-13H2,1-4H3,(H,18,20)/t16-/m1/s1. The number of nitrogens with one attached hydrogen (secondary N) is 1. The lowest BCUT2D eigenvalue weighted by molar-refractivity contribution is -0.122. The van der Waals surface area contributed by atoms with E-state index in [1.807, 2.05) is 26.0 Å². The minimum Gasteiger partial charge on any atom is -0.382 e. The minimum absolute atomic E-state index is 0.292. The number of ether oxygens (including phenoxy) is 1. The number of hydrogen-bond donors (Lipinski definition) is 1. The van der Waals surface area contributed by atoms with Gasteiger partial charge in [0.15, 0.2) is 0 Å². The summed E-state index contributed by atoms with van der Waals surface area (Å²) in [6, 6.07) is 6.35. The fourth-order valence-electron chi connectivity index (χ4n) is 2.40. The summed E-state index contributed by atoms with van der Waals surface area (Å²) in [5.74, 6) is -0.292. The van der Waals surface area contributed by atoms with Gasteiger partial charge in [0.25, 0.3) is 0 Å². The van der Waals surface area contributed by atoms with Gasteiger partial charge < -0.3 is 10.1 Å². The number of aryl methyl sites for hydroxylation is 1. The Morgan fingerprint density at radius 1 is 1.25 bits per heavy atom. The van der Waals surface area contributed by atoms with Gasteiger partial charge in [-0.3, -0.25) is 9.10 Å². The van der Waals surface area contributed by atoms with Gasteiger partial charge in [0.05, 0.1) is 11.9 Å². The zero-order valence-corrected chi connectivity index (χ0v) is 15.7. The van der Waals surface area contributed by atoms with Crippen molar-refractivity contribution in [1.82, 2.24) is 5.32 Å². The molecule has 0 aliphatic heterocycles. The fourth-order valence-corrected chi connectivity index (χ4v) is 3.61. The number of carbonyl (C=O) groups is 1. The van der Waals surface area contributed by atoms with E-state index in [0.29, 0.717) is 38.3 Å². The van der Waals surface area contributed by atoms with Gasteiger partial charge in [-0.25, -0.2) is 8.42 Å². The molecular weight excluding hydrogens is 328 g/mol. The highest BCUT2D eigenvalue weighted by Gasteiger charge is 2.31. The molecule has 0 fully saturated rings. The van der Waals surface area contributed by atoms with Gasteiger partial charge in [0, 0.05) is 19.8 Å². The lowest BCUT2D eigenvalue weighted by atomic mass is 10.1. The van der Waals surface area contributed by atoms with Gasteiger partial charge >= 0.3 is 0 Å². The number of rotatable bonds is 10. The fraction of sp³-hybridized carbons (Fsp3) is 0.588.